The van der Waals surface area contributed by atoms with Crippen LogP contribution in [0.5, 0.6) is 0 Å². The molecule has 0 aliphatic heterocycles. The first-order chi connectivity index (χ1) is 7.12. The smallest absolute Gasteiger partial charge is 0.106 e. The molecule has 15 heavy (non-hydrogen) atoms. The summed E-state index contributed by atoms with van der Waals surface area (Å²) in [5.41, 5.74) is 3.19. The number of hydrogen-bond acceptors (Lipinski definition) is 1. The Balaban J connectivity index is 0.000000921. The van der Waals surface area contributed by atoms with Crippen LogP contribution >= 0.6 is 0 Å². The molecule has 84 valence electrons. The Kier molecular flexibility index (Phi) is 5.92. The summed E-state index contributed by atoms with van der Waals surface area (Å²) in [6, 6.07) is 8.95. The highest BCUT2D eigenvalue weighted by Gasteiger charge is 2.21. The molecule has 0 radical (unpaired) electrons. The number of hydrogen-bond donors (Lipinski definition) is 0. The molecule has 0 unspecified atom stereocenters. The number of rotatable bonds is 3. The zero-order valence-corrected chi connectivity index (χ0v) is 10.3. The average Bonchev–Trinajstić information content (AvgIpc) is 2.31. The van der Waals surface area contributed by atoms with Crippen LogP contribution in [0.4, 0.5) is 0 Å². The quantitative estimate of drug-likeness (QED) is 0.733. The second kappa shape index (κ2) is 6.39. The van der Waals surface area contributed by atoms with Gasteiger partial charge in [0.2, 0.25) is 0 Å². The summed E-state index contributed by atoms with van der Waals surface area (Å²) in [5.74, 6) is 0. The predicted octanol–water partition coefficient (Wildman–Crippen LogP) is 3.89. The van der Waals surface area contributed by atoms with Gasteiger partial charge in [-0.1, -0.05) is 50.6 Å². The molecule has 0 N–H and O–H groups in total. The molecule has 0 aromatic heterocycles. The molecule has 0 heterocycles. The summed E-state index contributed by atoms with van der Waals surface area (Å²) >= 11 is 0. The van der Waals surface area contributed by atoms with Gasteiger partial charge in [0.25, 0.3) is 0 Å². The van der Waals surface area contributed by atoms with E-state index in [0.29, 0.717) is 5.41 Å². The minimum atomic E-state index is 0.369. The molecular formula is C14H22O. The van der Waals surface area contributed by atoms with Gasteiger partial charge in [-0.05, 0) is 30.7 Å². The molecule has 0 saturated heterocycles. The van der Waals surface area contributed by atoms with Crippen LogP contribution in [0.25, 0.3) is 0 Å². The van der Waals surface area contributed by atoms with Crippen molar-refractivity contribution in [3.05, 3.63) is 35.4 Å². The summed E-state index contributed by atoms with van der Waals surface area (Å²) in [6.45, 7) is 11.0. The number of aryl methyl sites for hydroxylation is 1. The van der Waals surface area contributed by atoms with E-state index in [4.69, 9.17) is 4.79 Å². The van der Waals surface area contributed by atoms with Crippen LogP contribution in [0.1, 0.15) is 44.7 Å². The van der Waals surface area contributed by atoms with E-state index in [0.717, 1.165) is 0 Å². The van der Waals surface area contributed by atoms with Crippen LogP contribution in [0.2, 0.25) is 0 Å². The SMILES string of the molecule is C=O.CCC(C)(CC)c1ccc(C)cc1. The summed E-state index contributed by atoms with van der Waals surface area (Å²) in [4.78, 5) is 8.00. The van der Waals surface area contributed by atoms with E-state index in [1.807, 2.05) is 6.79 Å². The molecule has 1 heteroatoms. The second-order valence-electron chi connectivity index (χ2n) is 4.13. The number of carbonyl (C=O) groups excluding carboxylic acids is 1. The Labute approximate surface area is 93.5 Å². The van der Waals surface area contributed by atoms with Crippen molar-refractivity contribution in [3.8, 4) is 0 Å². The minimum absolute atomic E-state index is 0.369. The summed E-state index contributed by atoms with van der Waals surface area (Å²) in [7, 11) is 0. The summed E-state index contributed by atoms with van der Waals surface area (Å²) < 4.78 is 0. The fraction of sp³-hybridized carbons (Fsp3) is 0.500. The van der Waals surface area contributed by atoms with Gasteiger partial charge in [0.15, 0.2) is 0 Å². The zero-order chi connectivity index (χ0) is 11.9. The third-order valence-electron chi connectivity index (χ3n) is 3.31. The lowest BCUT2D eigenvalue weighted by Crippen LogP contribution is -2.19. The van der Waals surface area contributed by atoms with E-state index in [2.05, 4.69) is 52.0 Å². The molecule has 0 fully saturated rings. The first-order valence-corrected chi connectivity index (χ1v) is 5.48. The topological polar surface area (TPSA) is 17.1 Å². The normalized spacial score (nSPS) is 10.4. The van der Waals surface area contributed by atoms with E-state index in [-0.39, 0.29) is 0 Å². The van der Waals surface area contributed by atoms with Crippen molar-refractivity contribution in [2.75, 3.05) is 0 Å². The maximum Gasteiger partial charge on any atom is 0.106 e. The first kappa shape index (κ1) is 13.9. The standard InChI is InChI=1S/C13H20.CH2O/c1-5-13(4,6-2)12-9-7-11(3)8-10-12;1-2/h7-10H,5-6H2,1-4H3;1H2. The third-order valence-corrected chi connectivity index (χ3v) is 3.31. The molecular weight excluding hydrogens is 184 g/mol. The fourth-order valence-corrected chi connectivity index (χ4v) is 1.61. The van der Waals surface area contributed by atoms with Crippen molar-refractivity contribution in [3.63, 3.8) is 0 Å². The second-order valence-corrected chi connectivity index (χ2v) is 4.13. The lowest BCUT2D eigenvalue weighted by atomic mass is 9.78. The molecule has 1 aromatic rings. The van der Waals surface area contributed by atoms with Gasteiger partial charge in [-0.25, -0.2) is 0 Å². The zero-order valence-electron chi connectivity index (χ0n) is 10.3. The van der Waals surface area contributed by atoms with Crippen molar-refractivity contribution in [2.24, 2.45) is 0 Å². The Morgan fingerprint density at radius 2 is 1.47 bits per heavy atom. The minimum Gasteiger partial charge on any atom is -0.307 e. The Hall–Kier alpha value is -1.11. The van der Waals surface area contributed by atoms with Gasteiger partial charge in [0.05, 0.1) is 0 Å². The maximum atomic E-state index is 8.00. The molecule has 0 saturated carbocycles. The Bertz CT molecular complexity index is 270. The van der Waals surface area contributed by atoms with E-state index >= 15 is 0 Å². The van der Waals surface area contributed by atoms with E-state index in [1.165, 1.54) is 24.0 Å². The fourth-order valence-electron chi connectivity index (χ4n) is 1.61. The summed E-state index contributed by atoms with van der Waals surface area (Å²) in [6.07, 6.45) is 2.43. The van der Waals surface area contributed by atoms with Gasteiger partial charge in [0, 0.05) is 0 Å². The van der Waals surface area contributed by atoms with Gasteiger partial charge in [0.1, 0.15) is 6.79 Å². The molecule has 0 bridgehead atoms. The van der Waals surface area contributed by atoms with Crippen molar-refractivity contribution >= 4 is 6.79 Å². The first-order valence-electron chi connectivity index (χ1n) is 5.48. The molecule has 0 spiro atoms. The highest BCUT2D eigenvalue weighted by molar-refractivity contribution is 5.27. The Morgan fingerprint density at radius 3 is 1.80 bits per heavy atom. The lowest BCUT2D eigenvalue weighted by Gasteiger charge is -2.27. The Morgan fingerprint density at radius 1 is 1.07 bits per heavy atom. The molecule has 0 aliphatic rings. The van der Waals surface area contributed by atoms with Gasteiger partial charge >= 0.3 is 0 Å². The number of benzene rings is 1. The van der Waals surface area contributed by atoms with Crippen LogP contribution in [0.3, 0.4) is 0 Å². The third kappa shape index (κ3) is 3.50. The van der Waals surface area contributed by atoms with Crippen molar-refractivity contribution in [1.29, 1.82) is 0 Å². The van der Waals surface area contributed by atoms with Crippen LogP contribution in [-0.4, -0.2) is 6.79 Å². The van der Waals surface area contributed by atoms with E-state index < -0.39 is 0 Å². The molecule has 1 nitrogen and oxygen atoms in total. The average molecular weight is 206 g/mol. The summed E-state index contributed by atoms with van der Waals surface area (Å²) in [5, 5.41) is 0. The van der Waals surface area contributed by atoms with Gasteiger partial charge in [-0.3, -0.25) is 0 Å². The van der Waals surface area contributed by atoms with Crippen LogP contribution in [0.15, 0.2) is 24.3 Å². The highest BCUT2D eigenvalue weighted by Crippen LogP contribution is 2.30. The lowest BCUT2D eigenvalue weighted by molar-refractivity contribution is -0.0979. The van der Waals surface area contributed by atoms with Crippen molar-refractivity contribution in [1.82, 2.24) is 0 Å². The van der Waals surface area contributed by atoms with Crippen LogP contribution in [0, 0.1) is 6.92 Å². The highest BCUT2D eigenvalue weighted by atomic mass is 16.1. The van der Waals surface area contributed by atoms with Crippen LogP contribution < -0.4 is 0 Å². The van der Waals surface area contributed by atoms with Gasteiger partial charge in [-0.2, -0.15) is 0 Å². The molecule has 1 rings (SSSR count). The molecule has 0 amide bonds. The van der Waals surface area contributed by atoms with Crippen molar-refractivity contribution < 1.29 is 4.79 Å². The number of carbonyl (C=O) groups is 1. The largest absolute Gasteiger partial charge is 0.307 e. The monoisotopic (exact) mass is 206 g/mol. The van der Waals surface area contributed by atoms with Gasteiger partial charge in [-0.15, -0.1) is 0 Å². The van der Waals surface area contributed by atoms with Crippen LogP contribution in [-0.2, 0) is 10.2 Å². The van der Waals surface area contributed by atoms with E-state index in [9.17, 15) is 0 Å². The van der Waals surface area contributed by atoms with E-state index in [1.54, 1.807) is 0 Å². The maximum absolute atomic E-state index is 8.00. The molecule has 0 aliphatic carbocycles. The molecule has 0 atom stereocenters. The van der Waals surface area contributed by atoms with Gasteiger partial charge < -0.3 is 4.79 Å². The predicted molar refractivity (Wildman–Crippen MR) is 66.2 cm³/mol. The van der Waals surface area contributed by atoms with Crippen molar-refractivity contribution in [2.45, 2.75) is 46.0 Å². The molecule has 1 aromatic carbocycles.